The summed E-state index contributed by atoms with van der Waals surface area (Å²) in [5.41, 5.74) is -0.699. The van der Waals surface area contributed by atoms with Gasteiger partial charge in [-0.1, -0.05) is 0 Å². The van der Waals surface area contributed by atoms with E-state index in [1.165, 1.54) is 25.4 Å². The molecule has 18 heavy (non-hydrogen) atoms. The van der Waals surface area contributed by atoms with Gasteiger partial charge in [-0.2, -0.15) is 0 Å². The molecule has 0 radical (unpaired) electrons. The number of ether oxygens (including phenoxy) is 1. The van der Waals surface area contributed by atoms with Gasteiger partial charge in [0.1, 0.15) is 11.2 Å². The minimum atomic E-state index is -1.14. The first kappa shape index (κ1) is 14.0. The Morgan fingerprint density at radius 2 is 2.00 bits per heavy atom. The van der Waals surface area contributed by atoms with Gasteiger partial charge in [-0.3, -0.25) is 4.90 Å². The van der Waals surface area contributed by atoms with Crippen molar-refractivity contribution >= 4 is 17.9 Å². The first-order valence-electron chi connectivity index (χ1n) is 5.37. The molecule has 0 saturated carbocycles. The Labute approximate surface area is 105 Å². The van der Waals surface area contributed by atoms with Crippen molar-refractivity contribution in [2.45, 2.75) is 26.4 Å². The fraction of sp³-hybridized carbons (Fsp3) is 0.417. The monoisotopic (exact) mass is 252 g/mol. The summed E-state index contributed by atoms with van der Waals surface area (Å²) < 4.78 is 5.14. The van der Waals surface area contributed by atoms with Crippen LogP contribution in [-0.2, 0) is 4.74 Å². The van der Waals surface area contributed by atoms with Crippen LogP contribution in [0.4, 0.5) is 10.6 Å². The maximum absolute atomic E-state index is 11.8. The average Bonchev–Trinajstić information content (AvgIpc) is 2.25. The molecule has 0 atom stereocenters. The van der Waals surface area contributed by atoms with Gasteiger partial charge in [0.2, 0.25) is 0 Å². The van der Waals surface area contributed by atoms with E-state index in [1.54, 1.807) is 20.8 Å². The normalized spacial score (nSPS) is 10.9. The van der Waals surface area contributed by atoms with Crippen LogP contribution in [0.25, 0.3) is 0 Å². The number of aromatic carboxylic acids is 1. The Morgan fingerprint density at radius 1 is 1.39 bits per heavy atom. The van der Waals surface area contributed by atoms with E-state index in [-0.39, 0.29) is 11.4 Å². The molecule has 1 N–H and O–H groups in total. The van der Waals surface area contributed by atoms with Crippen molar-refractivity contribution in [3.05, 3.63) is 23.9 Å². The fourth-order valence-electron chi connectivity index (χ4n) is 1.25. The number of hydrogen-bond acceptors (Lipinski definition) is 4. The zero-order valence-electron chi connectivity index (χ0n) is 10.8. The number of carboxylic acids is 1. The molecule has 0 aliphatic heterocycles. The first-order valence-corrected chi connectivity index (χ1v) is 5.37. The number of amides is 1. The third-order valence-electron chi connectivity index (χ3n) is 2.00. The molecule has 1 heterocycles. The minimum Gasteiger partial charge on any atom is -0.478 e. The van der Waals surface area contributed by atoms with Crippen LogP contribution in [0.1, 0.15) is 31.1 Å². The zero-order valence-corrected chi connectivity index (χ0v) is 10.8. The van der Waals surface area contributed by atoms with Gasteiger partial charge in [0.05, 0.1) is 0 Å². The van der Waals surface area contributed by atoms with Crippen molar-refractivity contribution in [1.29, 1.82) is 0 Å². The summed E-state index contributed by atoms with van der Waals surface area (Å²) in [7, 11) is 1.42. The SMILES string of the molecule is CN(C(=O)OC(C)(C)C)c1ncccc1C(=O)O. The molecule has 1 amide bonds. The Balaban J connectivity index is 3.00. The summed E-state index contributed by atoms with van der Waals surface area (Å²) in [4.78, 5) is 27.8. The number of carbonyl (C=O) groups excluding carboxylic acids is 1. The van der Waals surface area contributed by atoms with E-state index in [2.05, 4.69) is 4.98 Å². The Bertz CT molecular complexity index is 465. The van der Waals surface area contributed by atoms with E-state index in [0.717, 1.165) is 4.90 Å². The summed E-state index contributed by atoms with van der Waals surface area (Å²) in [6.45, 7) is 5.19. The van der Waals surface area contributed by atoms with Crippen LogP contribution in [-0.4, -0.2) is 34.8 Å². The van der Waals surface area contributed by atoms with Crippen molar-refractivity contribution in [3.63, 3.8) is 0 Å². The summed E-state index contributed by atoms with van der Waals surface area (Å²) in [5.74, 6) is -1.09. The summed E-state index contributed by atoms with van der Waals surface area (Å²) in [5, 5.41) is 9.01. The van der Waals surface area contributed by atoms with Crippen molar-refractivity contribution in [3.8, 4) is 0 Å². The lowest BCUT2D eigenvalue weighted by molar-refractivity contribution is 0.0588. The molecular weight excluding hydrogens is 236 g/mol. The van der Waals surface area contributed by atoms with Crippen LogP contribution < -0.4 is 4.90 Å². The molecule has 0 aliphatic rings. The highest BCUT2D eigenvalue weighted by molar-refractivity contribution is 5.98. The maximum atomic E-state index is 11.8. The van der Waals surface area contributed by atoms with Gasteiger partial charge in [0, 0.05) is 13.2 Å². The van der Waals surface area contributed by atoms with E-state index < -0.39 is 17.7 Å². The summed E-state index contributed by atoms with van der Waals surface area (Å²) in [6, 6.07) is 2.88. The number of anilines is 1. The maximum Gasteiger partial charge on any atom is 0.415 e. The van der Waals surface area contributed by atoms with Gasteiger partial charge in [-0.25, -0.2) is 14.6 Å². The molecule has 1 rings (SSSR count). The Hall–Kier alpha value is -2.11. The van der Waals surface area contributed by atoms with Gasteiger partial charge in [0.25, 0.3) is 0 Å². The smallest absolute Gasteiger partial charge is 0.415 e. The van der Waals surface area contributed by atoms with E-state index in [0.29, 0.717) is 0 Å². The number of rotatable bonds is 2. The molecule has 6 heteroatoms. The zero-order chi connectivity index (χ0) is 13.9. The molecule has 98 valence electrons. The number of pyridine rings is 1. The van der Waals surface area contributed by atoms with Crippen molar-refractivity contribution in [2.75, 3.05) is 11.9 Å². The van der Waals surface area contributed by atoms with E-state index >= 15 is 0 Å². The van der Waals surface area contributed by atoms with Crippen LogP contribution in [0.3, 0.4) is 0 Å². The molecule has 1 aromatic rings. The second-order valence-corrected chi connectivity index (χ2v) is 4.72. The molecule has 0 fully saturated rings. The standard InChI is InChI=1S/C12H16N2O4/c1-12(2,3)18-11(17)14(4)9-8(10(15)16)6-5-7-13-9/h5-7H,1-4H3,(H,15,16). The molecule has 1 aromatic heterocycles. The Kier molecular flexibility index (Phi) is 3.90. The molecule has 0 aliphatic carbocycles. The van der Waals surface area contributed by atoms with Gasteiger partial charge in [-0.05, 0) is 32.9 Å². The predicted molar refractivity (Wildman–Crippen MR) is 65.8 cm³/mol. The van der Waals surface area contributed by atoms with Gasteiger partial charge in [0.15, 0.2) is 5.82 Å². The quantitative estimate of drug-likeness (QED) is 0.872. The van der Waals surface area contributed by atoms with Crippen LogP contribution in [0, 0.1) is 0 Å². The first-order chi connectivity index (χ1) is 8.22. The Morgan fingerprint density at radius 3 is 2.50 bits per heavy atom. The van der Waals surface area contributed by atoms with Crippen molar-refractivity contribution in [2.24, 2.45) is 0 Å². The lowest BCUT2D eigenvalue weighted by Crippen LogP contribution is -2.35. The highest BCUT2D eigenvalue weighted by atomic mass is 16.6. The van der Waals surface area contributed by atoms with E-state index in [9.17, 15) is 9.59 Å². The number of carbonyl (C=O) groups is 2. The second-order valence-electron chi connectivity index (χ2n) is 4.72. The lowest BCUT2D eigenvalue weighted by atomic mass is 10.2. The van der Waals surface area contributed by atoms with Gasteiger partial charge < -0.3 is 9.84 Å². The highest BCUT2D eigenvalue weighted by Gasteiger charge is 2.24. The van der Waals surface area contributed by atoms with Crippen LogP contribution in [0.2, 0.25) is 0 Å². The largest absolute Gasteiger partial charge is 0.478 e. The molecule has 0 saturated heterocycles. The predicted octanol–water partition coefficient (Wildman–Crippen LogP) is 2.15. The van der Waals surface area contributed by atoms with Crippen LogP contribution in [0.15, 0.2) is 18.3 Å². The third-order valence-corrected chi connectivity index (χ3v) is 2.00. The minimum absolute atomic E-state index is 0.0501. The molecule has 0 aromatic carbocycles. The van der Waals surface area contributed by atoms with E-state index in [4.69, 9.17) is 9.84 Å². The van der Waals surface area contributed by atoms with Crippen LogP contribution >= 0.6 is 0 Å². The van der Waals surface area contributed by atoms with Crippen molar-refractivity contribution in [1.82, 2.24) is 4.98 Å². The second kappa shape index (κ2) is 5.03. The van der Waals surface area contributed by atoms with E-state index in [1.807, 2.05) is 0 Å². The third kappa shape index (κ3) is 3.44. The fourth-order valence-corrected chi connectivity index (χ4v) is 1.25. The number of aromatic nitrogens is 1. The number of nitrogens with zero attached hydrogens (tertiary/aromatic N) is 2. The van der Waals surface area contributed by atoms with Gasteiger partial charge in [-0.15, -0.1) is 0 Å². The summed E-state index contributed by atoms with van der Waals surface area (Å²) in [6.07, 6.45) is 0.770. The van der Waals surface area contributed by atoms with Gasteiger partial charge >= 0.3 is 12.1 Å². The van der Waals surface area contributed by atoms with Crippen LogP contribution in [0.5, 0.6) is 0 Å². The van der Waals surface area contributed by atoms with Crippen molar-refractivity contribution < 1.29 is 19.4 Å². The molecule has 0 bridgehead atoms. The lowest BCUT2D eigenvalue weighted by Gasteiger charge is -2.24. The number of hydrogen-bond donors (Lipinski definition) is 1. The number of carboxylic acid groups (broad SMARTS) is 1. The molecule has 0 unspecified atom stereocenters. The molecule has 0 spiro atoms. The highest BCUT2D eigenvalue weighted by Crippen LogP contribution is 2.18. The topological polar surface area (TPSA) is 79.7 Å². The summed E-state index contributed by atoms with van der Waals surface area (Å²) >= 11 is 0. The molecular formula is C12H16N2O4. The average molecular weight is 252 g/mol. The molecule has 6 nitrogen and oxygen atoms in total.